The van der Waals surface area contributed by atoms with Crippen LogP contribution in [0.4, 0.5) is 0 Å². The van der Waals surface area contributed by atoms with Gasteiger partial charge in [0.25, 0.3) is 0 Å². The minimum absolute atomic E-state index is 0.775. The number of benzene rings is 1. The Morgan fingerprint density at radius 3 is 2.64 bits per heavy atom. The van der Waals surface area contributed by atoms with Crippen molar-refractivity contribution in [3.8, 4) is 11.5 Å². The smallest absolute Gasteiger partial charge is 0.170 e. The van der Waals surface area contributed by atoms with Crippen molar-refractivity contribution in [2.45, 2.75) is 6.92 Å². The van der Waals surface area contributed by atoms with E-state index in [0.29, 0.717) is 0 Å². The van der Waals surface area contributed by atoms with Gasteiger partial charge in [-0.25, -0.2) is 0 Å². The number of aromatic amines is 1. The summed E-state index contributed by atoms with van der Waals surface area (Å²) in [6, 6.07) is 3.96. The zero-order valence-electron chi connectivity index (χ0n) is 8.55. The van der Waals surface area contributed by atoms with Crippen LogP contribution in [0, 0.1) is 6.92 Å². The Hall–Kier alpha value is -1.64. The maximum absolute atomic E-state index is 5.32. The number of H-pyrrole nitrogens is 1. The molecule has 74 valence electrons. The zero-order chi connectivity index (χ0) is 10.1. The molecule has 2 rings (SSSR count). The summed E-state index contributed by atoms with van der Waals surface area (Å²) in [5, 5.41) is 1.06. The Morgan fingerprint density at radius 1 is 1.21 bits per heavy atom. The van der Waals surface area contributed by atoms with Gasteiger partial charge in [-0.1, -0.05) is 0 Å². The van der Waals surface area contributed by atoms with Crippen LogP contribution in [0.3, 0.4) is 0 Å². The van der Waals surface area contributed by atoms with Crippen LogP contribution in [0.5, 0.6) is 11.5 Å². The van der Waals surface area contributed by atoms with Crippen molar-refractivity contribution in [1.82, 2.24) is 4.98 Å². The first-order valence-electron chi connectivity index (χ1n) is 4.46. The lowest BCUT2D eigenvalue weighted by atomic mass is 10.1. The van der Waals surface area contributed by atoms with E-state index in [-0.39, 0.29) is 0 Å². The van der Waals surface area contributed by atoms with Crippen molar-refractivity contribution in [2.24, 2.45) is 0 Å². The molecule has 1 aromatic heterocycles. The van der Waals surface area contributed by atoms with E-state index in [9.17, 15) is 0 Å². The lowest BCUT2D eigenvalue weighted by molar-refractivity contribution is 0.358. The fourth-order valence-corrected chi connectivity index (χ4v) is 1.71. The number of aromatic nitrogens is 1. The average molecular weight is 191 g/mol. The van der Waals surface area contributed by atoms with Gasteiger partial charge in [-0.15, -0.1) is 0 Å². The van der Waals surface area contributed by atoms with Gasteiger partial charge in [0.05, 0.1) is 19.7 Å². The van der Waals surface area contributed by atoms with Gasteiger partial charge in [0.2, 0.25) is 0 Å². The molecule has 0 atom stereocenters. The summed E-state index contributed by atoms with van der Waals surface area (Å²) in [5.41, 5.74) is 2.25. The number of rotatable bonds is 2. The van der Waals surface area contributed by atoms with Gasteiger partial charge >= 0.3 is 0 Å². The molecule has 0 saturated carbocycles. The predicted molar refractivity (Wildman–Crippen MR) is 56.1 cm³/mol. The standard InChI is InChI=1S/C11H13NO2/c1-7-6-9(13-2)11(14-3)8-4-5-12-10(7)8/h4-6,12H,1-3H3. The lowest BCUT2D eigenvalue weighted by Crippen LogP contribution is -1.92. The number of methoxy groups -OCH3 is 2. The summed E-state index contributed by atoms with van der Waals surface area (Å²) in [5.74, 6) is 1.56. The molecule has 0 bridgehead atoms. The van der Waals surface area contributed by atoms with Crippen LogP contribution in [0.1, 0.15) is 5.56 Å². The van der Waals surface area contributed by atoms with E-state index in [2.05, 4.69) is 4.98 Å². The Bertz CT molecular complexity index is 460. The first kappa shape index (κ1) is 8.94. The Morgan fingerprint density at radius 2 is 2.00 bits per heavy atom. The van der Waals surface area contributed by atoms with Crippen molar-refractivity contribution < 1.29 is 9.47 Å². The summed E-state index contributed by atoms with van der Waals surface area (Å²) in [4.78, 5) is 3.18. The van der Waals surface area contributed by atoms with Gasteiger partial charge in [-0.3, -0.25) is 0 Å². The molecule has 0 aliphatic rings. The second kappa shape index (κ2) is 3.25. The van der Waals surface area contributed by atoms with E-state index >= 15 is 0 Å². The molecule has 0 unspecified atom stereocenters. The second-order valence-electron chi connectivity index (χ2n) is 3.20. The van der Waals surface area contributed by atoms with Crippen LogP contribution in [0.15, 0.2) is 18.3 Å². The van der Waals surface area contributed by atoms with Gasteiger partial charge in [-0.2, -0.15) is 0 Å². The minimum atomic E-state index is 0.775. The summed E-state index contributed by atoms with van der Waals surface area (Å²) in [7, 11) is 3.30. The SMILES string of the molecule is COc1cc(C)c2[nH]ccc2c1OC. The van der Waals surface area contributed by atoms with Gasteiger partial charge in [0, 0.05) is 11.6 Å². The van der Waals surface area contributed by atoms with Crippen molar-refractivity contribution in [1.29, 1.82) is 0 Å². The van der Waals surface area contributed by atoms with Crippen LogP contribution in [-0.2, 0) is 0 Å². The second-order valence-corrected chi connectivity index (χ2v) is 3.20. The van der Waals surface area contributed by atoms with E-state index < -0.39 is 0 Å². The van der Waals surface area contributed by atoms with Crippen molar-refractivity contribution >= 4 is 10.9 Å². The average Bonchev–Trinajstić information content (AvgIpc) is 2.66. The molecule has 3 nitrogen and oxygen atoms in total. The molecule has 0 radical (unpaired) electrons. The molecule has 0 spiro atoms. The normalized spacial score (nSPS) is 10.5. The summed E-state index contributed by atoms with van der Waals surface area (Å²) in [6.45, 7) is 2.04. The monoisotopic (exact) mass is 191 g/mol. The zero-order valence-corrected chi connectivity index (χ0v) is 8.55. The van der Waals surface area contributed by atoms with Gasteiger partial charge in [-0.05, 0) is 24.6 Å². The van der Waals surface area contributed by atoms with E-state index in [1.807, 2.05) is 25.3 Å². The third-order valence-corrected chi connectivity index (χ3v) is 2.38. The Balaban J connectivity index is 2.82. The molecular weight excluding hydrogens is 178 g/mol. The Labute approximate surface area is 82.6 Å². The highest BCUT2D eigenvalue weighted by Crippen LogP contribution is 2.36. The first-order chi connectivity index (χ1) is 6.77. The predicted octanol–water partition coefficient (Wildman–Crippen LogP) is 2.49. The highest BCUT2D eigenvalue weighted by atomic mass is 16.5. The molecule has 3 heteroatoms. The summed E-state index contributed by atoms with van der Waals surface area (Å²) >= 11 is 0. The molecular formula is C11H13NO2. The van der Waals surface area contributed by atoms with Crippen LogP contribution in [0.2, 0.25) is 0 Å². The molecule has 0 aliphatic carbocycles. The van der Waals surface area contributed by atoms with E-state index in [1.54, 1.807) is 14.2 Å². The Kier molecular flexibility index (Phi) is 2.08. The van der Waals surface area contributed by atoms with Crippen molar-refractivity contribution in [2.75, 3.05) is 14.2 Å². The number of fused-ring (bicyclic) bond motifs is 1. The molecule has 1 heterocycles. The number of aryl methyl sites for hydroxylation is 1. The number of nitrogens with one attached hydrogen (secondary N) is 1. The van der Waals surface area contributed by atoms with E-state index in [0.717, 1.165) is 28.0 Å². The fraction of sp³-hybridized carbons (Fsp3) is 0.273. The topological polar surface area (TPSA) is 34.2 Å². The molecule has 0 fully saturated rings. The quantitative estimate of drug-likeness (QED) is 0.791. The van der Waals surface area contributed by atoms with Crippen LogP contribution < -0.4 is 9.47 Å². The van der Waals surface area contributed by atoms with E-state index in [1.165, 1.54) is 0 Å². The summed E-state index contributed by atoms with van der Waals surface area (Å²) in [6.07, 6.45) is 1.90. The third kappa shape index (κ3) is 1.13. The van der Waals surface area contributed by atoms with Crippen LogP contribution >= 0.6 is 0 Å². The molecule has 14 heavy (non-hydrogen) atoms. The molecule has 0 saturated heterocycles. The van der Waals surface area contributed by atoms with Gasteiger partial charge in [0.15, 0.2) is 11.5 Å². The highest BCUT2D eigenvalue weighted by molar-refractivity contribution is 5.91. The van der Waals surface area contributed by atoms with Gasteiger partial charge < -0.3 is 14.5 Å². The van der Waals surface area contributed by atoms with Crippen LogP contribution in [0.25, 0.3) is 10.9 Å². The van der Waals surface area contributed by atoms with Crippen LogP contribution in [-0.4, -0.2) is 19.2 Å². The molecule has 2 aromatic rings. The third-order valence-electron chi connectivity index (χ3n) is 2.38. The van der Waals surface area contributed by atoms with Crippen molar-refractivity contribution in [3.05, 3.63) is 23.9 Å². The molecule has 1 aromatic carbocycles. The number of hydrogen-bond donors (Lipinski definition) is 1. The maximum atomic E-state index is 5.32. The lowest BCUT2D eigenvalue weighted by Gasteiger charge is -2.10. The van der Waals surface area contributed by atoms with E-state index in [4.69, 9.17) is 9.47 Å². The first-order valence-corrected chi connectivity index (χ1v) is 4.46. The largest absolute Gasteiger partial charge is 0.493 e. The number of hydrogen-bond acceptors (Lipinski definition) is 2. The number of ether oxygens (including phenoxy) is 2. The summed E-state index contributed by atoms with van der Waals surface area (Å²) < 4.78 is 10.6. The van der Waals surface area contributed by atoms with Crippen molar-refractivity contribution in [3.63, 3.8) is 0 Å². The molecule has 1 N–H and O–H groups in total. The molecule has 0 amide bonds. The van der Waals surface area contributed by atoms with Gasteiger partial charge in [0.1, 0.15) is 0 Å². The maximum Gasteiger partial charge on any atom is 0.170 e. The minimum Gasteiger partial charge on any atom is -0.493 e. The fourth-order valence-electron chi connectivity index (χ4n) is 1.71. The highest BCUT2D eigenvalue weighted by Gasteiger charge is 2.11. The molecule has 0 aliphatic heterocycles.